The maximum atomic E-state index is 13.0. The quantitative estimate of drug-likeness (QED) is 0.691. The van der Waals surface area contributed by atoms with E-state index in [0.717, 1.165) is 29.3 Å². The minimum Gasteiger partial charge on any atom is -0.338 e. The van der Waals surface area contributed by atoms with E-state index in [4.69, 9.17) is 11.6 Å². The van der Waals surface area contributed by atoms with Gasteiger partial charge in [-0.15, -0.1) is 0 Å². The number of carbonyl (C=O) groups excluding carboxylic acids is 2. The number of alkyl halides is 3. The lowest BCUT2D eigenvalue weighted by atomic mass is 9.95. The number of aryl methyl sites for hydroxylation is 2. The lowest BCUT2D eigenvalue weighted by Gasteiger charge is -2.33. The Hall–Kier alpha value is -2.54. The van der Waals surface area contributed by atoms with Gasteiger partial charge in [-0.25, -0.2) is 0 Å². The fraction of sp³-hybridized carbons (Fsp3) is 0.364. The Morgan fingerprint density at radius 1 is 1.13 bits per heavy atom. The van der Waals surface area contributed by atoms with Crippen molar-refractivity contribution < 1.29 is 22.8 Å². The zero-order valence-electron chi connectivity index (χ0n) is 16.6. The standard InChI is InChI=1S/C22H22ClF3N2O2/c1-13-5-3-6-14(2)19(13)21(30)28-10-4-7-15(12-28)20(29)27-18-11-16(22(24,25)26)8-9-17(18)23/h3,5-6,8-9,11,15H,4,7,10,12H2,1-2H3,(H,27,29). The summed E-state index contributed by atoms with van der Waals surface area (Å²) in [6, 6.07) is 8.41. The highest BCUT2D eigenvalue weighted by atomic mass is 35.5. The molecule has 2 aromatic carbocycles. The van der Waals surface area contributed by atoms with Gasteiger partial charge in [-0.1, -0.05) is 29.8 Å². The highest BCUT2D eigenvalue weighted by Gasteiger charge is 2.33. The van der Waals surface area contributed by atoms with Gasteiger partial charge in [-0.2, -0.15) is 13.2 Å². The lowest BCUT2D eigenvalue weighted by Crippen LogP contribution is -2.44. The van der Waals surface area contributed by atoms with Crippen LogP contribution in [0.25, 0.3) is 0 Å². The Balaban J connectivity index is 1.74. The molecule has 30 heavy (non-hydrogen) atoms. The van der Waals surface area contributed by atoms with Gasteiger partial charge in [0, 0.05) is 18.7 Å². The van der Waals surface area contributed by atoms with Gasteiger partial charge in [0.1, 0.15) is 0 Å². The topological polar surface area (TPSA) is 49.4 Å². The molecule has 1 aliphatic rings. The predicted molar refractivity (Wildman–Crippen MR) is 110 cm³/mol. The first-order valence-corrected chi connectivity index (χ1v) is 9.99. The summed E-state index contributed by atoms with van der Waals surface area (Å²) in [6.07, 6.45) is -3.37. The van der Waals surface area contributed by atoms with Crippen molar-refractivity contribution in [2.75, 3.05) is 18.4 Å². The van der Waals surface area contributed by atoms with Gasteiger partial charge in [-0.3, -0.25) is 9.59 Å². The average Bonchev–Trinajstić information content (AvgIpc) is 2.68. The summed E-state index contributed by atoms with van der Waals surface area (Å²) >= 11 is 5.98. The molecule has 4 nitrogen and oxygen atoms in total. The number of piperidine rings is 1. The van der Waals surface area contributed by atoms with Crippen LogP contribution in [0.5, 0.6) is 0 Å². The molecule has 0 aromatic heterocycles. The van der Waals surface area contributed by atoms with E-state index >= 15 is 0 Å². The minimum absolute atomic E-state index is 0.0237. The number of amides is 2. The van der Waals surface area contributed by atoms with Crippen molar-refractivity contribution in [3.05, 3.63) is 63.7 Å². The van der Waals surface area contributed by atoms with Crippen molar-refractivity contribution >= 4 is 29.1 Å². The van der Waals surface area contributed by atoms with Gasteiger partial charge in [0.25, 0.3) is 5.91 Å². The van der Waals surface area contributed by atoms with Crippen LogP contribution in [0.2, 0.25) is 5.02 Å². The minimum atomic E-state index is -4.54. The number of anilines is 1. The monoisotopic (exact) mass is 438 g/mol. The molecule has 1 atom stereocenters. The number of nitrogens with zero attached hydrogens (tertiary/aromatic N) is 1. The molecule has 1 saturated heterocycles. The van der Waals surface area contributed by atoms with E-state index in [1.165, 1.54) is 0 Å². The van der Waals surface area contributed by atoms with E-state index in [0.29, 0.717) is 24.9 Å². The fourth-order valence-electron chi connectivity index (χ4n) is 3.72. The van der Waals surface area contributed by atoms with Crippen molar-refractivity contribution in [3.63, 3.8) is 0 Å². The summed E-state index contributed by atoms with van der Waals surface area (Å²) in [5.74, 6) is -1.12. The van der Waals surface area contributed by atoms with Gasteiger partial charge in [-0.05, 0) is 56.0 Å². The second-order valence-electron chi connectivity index (χ2n) is 7.54. The van der Waals surface area contributed by atoms with E-state index in [1.54, 1.807) is 4.90 Å². The Labute approximate surface area is 178 Å². The van der Waals surface area contributed by atoms with Gasteiger partial charge in [0.2, 0.25) is 5.91 Å². The number of hydrogen-bond donors (Lipinski definition) is 1. The molecule has 2 amide bonds. The van der Waals surface area contributed by atoms with E-state index in [1.807, 2.05) is 32.0 Å². The molecule has 8 heteroatoms. The van der Waals surface area contributed by atoms with Crippen molar-refractivity contribution in [3.8, 4) is 0 Å². The maximum absolute atomic E-state index is 13.0. The van der Waals surface area contributed by atoms with Crippen molar-refractivity contribution in [1.82, 2.24) is 4.90 Å². The van der Waals surface area contributed by atoms with Crippen molar-refractivity contribution in [2.24, 2.45) is 5.92 Å². The summed E-state index contributed by atoms with van der Waals surface area (Å²) < 4.78 is 38.9. The normalized spacial score (nSPS) is 17.0. The third kappa shape index (κ3) is 4.78. The SMILES string of the molecule is Cc1cccc(C)c1C(=O)N1CCCC(C(=O)Nc2cc(C(F)(F)F)ccc2Cl)C1. The molecule has 0 spiro atoms. The van der Waals surface area contributed by atoms with Gasteiger partial charge in [0.05, 0.1) is 22.2 Å². The largest absolute Gasteiger partial charge is 0.416 e. The summed E-state index contributed by atoms with van der Waals surface area (Å²) in [5, 5.41) is 2.53. The average molecular weight is 439 g/mol. The third-order valence-electron chi connectivity index (χ3n) is 5.33. The molecule has 1 fully saturated rings. The second kappa shape index (κ2) is 8.68. The molecule has 0 aliphatic carbocycles. The number of nitrogens with one attached hydrogen (secondary N) is 1. The van der Waals surface area contributed by atoms with Crippen LogP contribution in [0.15, 0.2) is 36.4 Å². The number of likely N-dealkylation sites (tertiary alicyclic amines) is 1. The maximum Gasteiger partial charge on any atom is 0.416 e. The first kappa shape index (κ1) is 22.2. The molecular weight excluding hydrogens is 417 g/mol. The van der Waals surface area contributed by atoms with Crippen molar-refractivity contribution in [2.45, 2.75) is 32.9 Å². The highest BCUT2D eigenvalue weighted by molar-refractivity contribution is 6.33. The van der Waals surface area contributed by atoms with Crippen LogP contribution in [-0.2, 0) is 11.0 Å². The number of benzene rings is 2. The Morgan fingerprint density at radius 3 is 2.43 bits per heavy atom. The first-order chi connectivity index (χ1) is 14.1. The lowest BCUT2D eigenvalue weighted by molar-refractivity contribution is -0.137. The number of rotatable bonds is 3. The highest BCUT2D eigenvalue weighted by Crippen LogP contribution is 2.34. The van der Waals surface area contributed by atoms with Crippen LogP contribution in [-0.4, -0.2) is 29.8 Å². The van der Waals surface area contributed by atoms with Crippen LogP contribution in [0.3, 0.4) is 0 Å². The summed E-state index contributed by atoms with van der Waals surface area (Å²) in [5.41, 5.74) is 1.37. The third-order valence-corrected chi connectivity index (χ3v) is 5.66. The summed E-state index contributed by atoms with van der Waals surface area (Å²) in [4.78, 5) is 27.4. The van der Waals surface area contributed by atoms with Crippen LogP contribution >= 0.6 is 11.6 Å². The van der Waals surface area contributed by atoms with Crippen LogP contribution in [0.1, 0.15) is 39.9 Å². The number of carbonyl (C=O) groups is 2. The van der Waals surface area contributed by atoms with Gasteiger partial charge in [0.15, 0.2) is 0 Å². The number of halogens is 4. The Morgan fingerprint density at radius 2 is 1.80 bits per heavy atom. The van der Waals surface area contributed by atoms with E-state index in [2.05, 4.69) is 5.32 Å². The van der Waals surface area contributed by atoms with E-state index in [9.17, 15) is 22.8 Å². The second-order valence-corrected chi connectivity index (χ2v) is 7.95. The summed E-state index contributed by atoms with van der Waals surface area (Å²) in [6.45, 7) is 4.46. The fourth-order valence-corrected chi connectivity index (χ4v) is 3.88. The Bertz CT molecular complexity index is 955. The molecule has 2 aromatic rings. The molecule has 1 aliphatic heterocycles. The molecule has 1 unspecified atom stereocenters. The zero-order valence-corrected chi connectivity index (χ0v) is 17.4. The van der Waals surface area contributed by atoms with Crippen LogP contribution < -0.4 is 5.32 Å². The van der Waals surface area contributed by atoms with Crippen molar-refractivity contribution in [1.29, 1.82) is 0 Å². The van der Waals surface area contributed by atoms with Crippen LogP contribution in [0, 0.1) is 19.8 Å². The predicted octanol–water partition coefficient (Wildman–Crippen LogP) is 5.47. The smallest absolute Gasteiger partial charge is 0.338 e. The van der Waals surface area contributed by atoms with E-state index in [-0.39, 0.29) is 23.2 Å². The Kier molecular flexibility index (Phi) is 6.41. The van der Waals surface area contributed by atoms with Gasteiger partial charge < -0.3 is 10.2 Å². The molecule has 1 N–H and O–H groups in total. The molecule has 3 rings (SSSR count). The van der Waals surface area contributed by atoms with E-state index < -0.39 is 23.6 Å². The molecule has 0 bridgehead atoms. The molecule has 0 radical (unpaired) electrons. The number of hydrogen-bond acceptors (Lipinski definition) is 2. The molecular formula is C22H22ClF3N2O2. The zero-order chi connectivity index (χ0) is 22.1. The summed E-state index contributed by atoms with van der Waals surface area (Å²) in [7, 11) is 0. The molecule has 1 heterocycles. The first-order valence-electron chi connectivity index (χ1n) is 9.61. The van der Waals surface area contributed by atoms with Gasteiger partial charge >= 0.3 is 6.18 Å². The molecule has 0 saturated carbocycles. The molecule has 160 valence electrons. The van der Waals surface area contributed by atoms with Crippen LogP contribution in [0.4, 0.5) is 18.9 Å².